The summed E-state index contributed by atoms with van der Waals surface area (Å²) in [6.45, 7) is 15.2. The predicted molar refractivity (Wildman–Crippen MR) is 185 cm³/mol. The van der Waals surface area contributed by atoms with Crippen LogP contribution in [0.1, 0.15) is 87.8 Å². The molecular formula is C37H56N6O3. The van der Waals surface area contributed by atoms with Gasteiger partial charge in [0.2, 0.25) is 5.91 Å². The van der Waals surface area contributed by atoms with Crippen LogP contribution in [0.2, 0.25) is 0 Å². The average Bonchev–Trinajstić information content (AvgIpc) is 3.05. The number of carbonyl (C=O) groups excluding carboxylic acids is 2. The summed E-state index contributed by atoms with van der Waals surface area (Å²) in [6, 6.07) is 9.13. The van der Waals surface area contributed by atoms with Crippen LogP contribution in [-0.4, -0.2) is 79.7 Å². The monoisotopic (exact) mass is 632 g/mol. The molecule has 9 heteroatoms. The van der Waals surface area contributed by atoms with E-state index in [0.29, 0.717) is 18.2 Å². The van der Waals surface area contributed by atoms with Gasteiger partial charge in [-0.05, 0) is 86.6 Å². The van der Waals surface area contributed by atoms with Crippen molar-refractivity contribution in [2.45, 2.75) is 97.8 Å². The second-order valence-electron chi connectivity index (χ2n) is 14.4. The lowest BCUT2D eigenvalue weighted by Gasteiger charge is -2.48. The average molecular weight is 633 g/mol. The molecule has 0 radical (unpaired) electrons. The number of carbonyl (C=O) groups is 2. The first-order valence-corrected chi connectivity index (χ1v) is 17.5. The number of morpholine rings is 1. The molecule has 3 aliphatic rings. The molecule has 2 aliphatic heterocycles. The SMILES string of the molecule is CCCC1(C)C(C)NC(=O)C(CNC(=O)c2cc(-c3ccc(CN4CCOCC4)nc3)cc(N(C)[C@H]3CC[C@@H](N)CC3)c2C)C1C. The lowest BCUT2D eigenvalue weighted by Crippen LogP contribution is -2.60. The molecule has 1 aromatic heterocycles. The van der Waals surface area contributed by atoms with Crippen LogP contribution in [0.3, 0.4) is 0 Å². The highest BCUT2D eigenvalue weighted by molar-refractivity contribution is 5.99. The van der Waals surface area contributed by atoms with Crippen molar-refractivity contribution in [1.82, 2.24) is 20.5 Å². The summed E-state index contributed by atoms with van der Waals surface area (Å²) >= 11 is 0. The normalized spacial score (nSPS) is 28.8. The van der Waals surface area contributed by atoms with E-state index in [-0.39, 0.29) is 41.1 Å². The molecule has 1 aromatic carbocycles. The Labute approximate surface area is 276 Å². The number of anilines is 1. The Morgan fingerprint density at radius 1 is 1.15 bits per heavy atom. The van der Waals surface area contributed by atoms with Crippen molar-refractivity contribution < 1.29 is 14.3 Å². The Morgan fingerprint density at radius 3 is 2.52 bits per heavy atom. The van der Waals surface area contributed by atoms with Gasteiger partial charge >= 0.3 is 0 Å². The van der Waals surface area contributed by atoms with Gasteiger partial charge in [0, 0.05) is 74.4 Å². The molecule has 4 N–H and O–H groups in total. The molecule has 0 bridgehead atoms. The van der Waals surface area contributed by atoms with Crippen LogP contribution < -0.4 is 21.3 Å². The fourth-order valence-corrected chi connectivity index (χ4v) is 7.95. The van der Waals surface area contributed by atoms with Crippen molar-refractivity contribution in [2.75, 3.05) is 44.8 Å². The third-order valence-electron chi connectivity index (χ3n) is 11.5. The number of piperidine rings is 1. The van der Waals surface area contributed by atoms with Crippen molar-refractivity contribution in [1.29, 1.82) is 0 Å². The predicted octanol–water partition coefficient (Wildman–Crippen LogP) is 4.90. The zero-order chi connectivity index (χ0) is 33.0. The van der Waals surface area contributed by atoms with Gasteiger partial charge in [-0.1, -0.05) is 33.3 Å². The molecule has 252 valence electrons. The maximum atomic E-state index is 14.0. The summed E-state index contributed by atoms with van der Waals surface area (Å²) in [5, 5.41) is 6.40. The summed E-state index contributed by atoms with van der Waals surface area (Å²) in [5.41, 5.74) is 11.8. The highest BCUT2D eigenvalue weighted by Gasteiger charge is 2.47. The van der Waals surface area contributed by atoms with Gasteiger partial charge in [0.05, 0.1) is 24.8 Å². The van der Waals surface area contributed by atoms with Crippen molar-refractivity contribution >= 4 is 17.5 Å². The summed E-state index contributed by atoms with van der Waals surface area (Å²) in [5.74, 6) is -0.256. The third kappa shape index (κ3) is 7.42. The van der Waals surface area contributed by atoms with E-state index in [0.717, 1.165) is 99.4 Å². The zero-order valence-corrected chi connectivity index (χ0v) is 28.9. The maximum Gasteiger partial charge on any atom is 0.251 e. The molecule has 2 aromatic rings. The molecule has 1 saturated carbocycles. The smallest absolute Gasteiger partial charge is 0.251 e. The molecule has 3 heterocycles. The van der Waals surface area contributed by atoms with Crippen LogP contribution in [0.15, 0.2) is 30.5 Å². The standard InChI is InChI=1S/C37H56N6O3/c1-7-14-37(5)25(3)33(36(45)41-26(37)4)22-40-35(44)32-19-28(20-34(24(32)2)42(6)31-12-9-29(38)10-13-31)27-8-11-30(39-21-27)23-43-15-17-46-18-16-43/h8,11,19-21,25-26,29,31,33H,7,9-10,12-18,22-23,38H2,1-6H3,(H,40,44)(H,41,45)/t25?,26?,29-,31+,33?,37?. The first kappa shape index (κ1) is 34.3. The van der Waals surface area contributed by atoms with E-state index < -0.39 is 0 Å². The number of aromatic nitrogens is 1. The second-order valence-corrected chi connectivity index (χ2v) is 14.4. The van der Waals surface area contributed by atoms with Crippen molar-refractivity contribution in [3.8, 4) is 11.1 Å². The number of benzene rings is 1. The van der Waals surface area contributed by atoms with E-state index in [1.54, 1.807) is 0 Å². The fraction of sp³-hybridized carbons (Fsp3) is 0.649. The number of rotatable bonds is 10. The zero-order valence-electron chi connectivity index (χ0n) is 28.9. The molecule has 2 amide bonds. The Hall–Kier alpha value is -3.01. The first-order valence-electron chi connectivity index (χ1n) is 17.5. The fourth-order valence-electron chi connectivity index (χ4n) is 7.95. The largest absolute Gasteiger partial charge is 0.379 e. The molecule has 0 spiro atoms. The lowest BCUT2D eigenvalue weighted by molar-refractivity contribution is -0.135. The van der Waals surface area contributed by atoms with Gasteiger partial charge in [0.1, 0.15) is 0 Å². The minimum Gasteiger partial charge on any atom is -0.379 e. The number of amides is 2. The summed E-state index contributed by atoms with van der Waals surface area (Å²) < 4.78 is 5.49. The van der Waals surface area contributed by atoms with E-state index >= 15 is 0 Å². The number of pyridine rings is 1. The topological polar surface area (TPSA) is 113 Å². The molecule has 5 rings (SSSR count). The second kappa shape index (κ2) is 14.8. The van der Waals surface area contributed by atoms with Gasteiger partial charge in [0.15, 0.2) is 0 Å². The summed E-state index contributed by atoms with van der Waals surface area (Å²) in [6.07, 6.45) is 8.09. The van der Waals surface area contributed by atoms with Gasteiger partial charge in [-0.25, -0.2) is 0 Å². The minimum atomic E-state index is -0.281. The molecule has 46 heavy (non-hydrogen) atoms. The summed E-state index contributed by atoms with van der Waals surface area (Å²) in [7, 11) is 2.14. The maximum absolute atomic E-state index is 14.0. The van der Waals surface area contributed by atoms with E-state index in [1.807, 2.05) is 19.2 Å². The van der Waals surface area contributed by atoms with Gasteiger partial charge in [0.25, 0.3) is 5.91 Å². The number of ether oxygens (including phenoxy) is 1. The Kier molecular flexibility index (Phi) is 11.1. The van der Waals surface area contributed by atoms with Crippen molar-refractivity contribution in [3.05, 3.63) is 47.3 Å². The van der Waals surface area contributed by atoms with Gasteiger partial charge in [-0.2, -0.15) is 0 Å². The molecule has 3 fully saturated rings. The van der Waals surface area contributed by atoms with Crippen LogP contribution in [0.4, 0.5) is 5.69 Å². The van der Waals surface area contributed by atoms with Crippen LogP contribution in [0.25, 0.3) is 11.1 Å². The number of nitrogens with one attached hydrogen (secondary N) is 2. The van der Waals surface area contributed by atoms with Gasteiger partial charge in [-0.3, -0.25) is 19.5 Å². The number of hydrogen-bond donors (Lipinski definition) is 3. The number of nitrogens with zero attached hydrogens (tertiary/aromatic N) is 3. The summed E-state index contributed by atoms with van der Waals surface area (Å²) in [4.78, 5) is 36.7. The van der Waals surface area contributed by atoms with E-state index in [1.165, 1.54) is 0 Å². The lowest BCUT2D eigenvalue weighted by atomic mass is 9.62. The number of hydrogen-bond acceptors (Lipinski definition) is 7. The molecule has 4 atom stereocenters. The minimum absolute atomic E-state index is 0.0206. The van der Waals surface area contributed by atoms with Crippen molar-refractivity contribution in [3.63, 3.8) is 0 Å². The number of nitrogens with two attached hydrogens (primary N) is 1. The van der Waals surface area contributed by atoms with Crippen molar-refractivity contribution in [2.24, 2.45) is 23.0 Å². The quantitative estimate of drug-likeness (QED) is 0.342. The highest BCUT2D eigenvalue weighted by atomic mass is 16.5. The van der Waals surface area contributed by atoms with E-state index in [2.05, 4.69) is 73.4 Å². The van der Waals surface area contributed by atoms with E-state index in [4.69, 9.17) is 15.5 Å². The first-order chi connectivity index (χ1) is 22.0. The Bertz CT molecular complexity index is 1350. The van der Waals surface area contributed by atoms with Crippen LogP contribution in [-0.2, 0) is 16.1 Å². The Balaban J connectivity index is 1.41. The molecule has 1 aliphatic carbocycles. The van der Waals surface area contributed by atoms with Crippen LogP contribution >= 0.6 is 0 Å². The molecule has 2 saturated heterocycles. The highest BCUT2D eigenvalue weighted by Crippen LogP contribution is 2.43. The van der Waals surface area contributed by atoms with E-state index in [9.17, 15) is 9.59 Å². The third-order valence-corrected chi connectivity index (χ3v) is 11.5. The molecule has 4 unspecified atom stereocenters. The molecular weight excluding hydrogens is 576 g/mol. The Morgan fingerprint density at radius 2 is 1.87 bits per heavy atom. The molecule has 9 nitrogen and oxygen atoms in total. The van der Waals surface area contributed by atoms with Crippen LogP contribution in [0.5, 0.6) is 0 Å². The van der Waals surface area contributed by atoms with Gasteiger partial charge in [-0.15, -0.1) is 0 Å². The van der Waals surface area contributed by atoms with Gasteiger partial charge < -0.3 is 26.0 Å². The van der Waals surface area contributed by atoms with Crippen LogP contribution in [0, 0.1) is 24.2 Å².